The maximum atomic E-state index is 13.9. The highest BCUT2D eigenvalue weighted by molar-refractivity contribution is 5.76. The Balaban J connectivity index is 1.38. The van der Waals surface area contributed by atoms with Gasteiger partial charge in [0.1, 0.15) is 11.5 Å². The summed E-state index contributed by atoms with van der Waals surface area (Å²) in [6.07, 6.45) is 7.08. The number of amides is 2. The van der Waals surface area contributed by atoms with E-state index in [9.17, 15) is 9.18 Å². The third-order valence-electron chi connectivity index (χ3n) is 5.61. The molecule has 1 aliphatic carbocycles. The molecule has 1 aromatic carbocycles. The van der Waals surface area contributed by atoms with Crippen molar-refractivity contribution in [3.63, 3.8) is 0 Å². The van der Waals surface area contributed by atoms with E-state index in [0.717, 1.165) is 41.7 Å². The number of rotatable bonds is 3. The third-order valence-corrected chi connectivity index (χ3v) is 5.61. The first-order valence-corrected chi connectivity index (χ1v) is 9.97. The maximum absolute atomic E-state index is 13.9. The Morgan fingerprint density at radius 3 is 2.93 bits per heavy atom. The van der Waals surface area contributed by atoms with Crippen molar-refractivity contribution < 1.29 is 9.18 Å². The molecule has 2 aliphatic rings. The molecule has 28 heavy (non-hydrogen) atoms. The first-order chi connectivity index (χ1) is 13.5. The molecule has 0 saturated heterocycles. The Bertz CT molecular complexity index is 904. The number of urea groups is 1. The van der Waals surface area contributed by atoms with Gasteiger partial charge in [-0.25, -0.2) is 13.9 Å². The average Bonchev–Trinajstić information content (AvgIpc) is 3.24. The van der Waals surface area contributed by atoms with E-state index < -0.39 is 0 Å². The first kappa shape index (κ1) is 18.7. The summed E-state index contributed by atoms with van der Waals surface area (Å²) in [5.41, 5.74) is 3.67. The minimum atomic E-state index is -0.174. The molecule has 2 amide bonds. The van der Waals surface area contributed by atoms with Crippen molar-refractivity contribution in [3.8, 4) is 0 Å². The summed E-state index contributed by atoms with van der Waals surface area (Å²) in [4.78, 5) is 14.6. The third kappa shape index (κ3) is 3.66. The molecular formula is C21H26FN5O. The van der Waals surface area contributed by atoms with Gasteiger partial charge >= 0.3 is 6.03 Å². The highest BCUT2D eigenvalue weighted by atomic mass is 19.1. The van der Waals surface area contributed by atoms with E-state index in [1.54, 1.807) is 6.07 Å². The Morgan fingerprint density at radius 1 is 1.29 bits per heavy atom. The molecule has 4 rings (SSSR count). The van der Waals surface area contributed by atoms with Crippen LogP contribution in [0.3, 0.4) is 0 Å². The lowest BCUT2D eigenvalue weighted by Gasteiger charge is -2.24. The van der Waals surface area contributed by atoms with Crippen molar-refractivity contribution in [3.05, 3.63) is 53.1 Å². The van der Waals surface area contributed by atoms with Crippen LogP contribution >= 0.6 is 0 Å². The largest absolute Gasteiger partial charge is 0.331 e. The second-order valence-electron chi connectivity index (χ2n) is 7.78. The predicted octanol–water partition coefficient (Wildman–Crippen LogP) is 3.87. The second-order valence-corrected chi connectivity index (χ2v) is 7.78. The zero-order valence-corrected chi connectivity index (χ0v) is 16.4. The van der Waals surface area contributed by atoms with Gasteiger partial charge in [-0.1, -0.05) is 23.4 Å². The smallest absolute Gasteiger partial charge is 0.317 e. The summed E-state index contributed by atoms with van der Waals surface area (Å²) in [6, 6.07) is 5.19. The topological polar surface area (TPSA) is 63.1 Å². The zero-order valence-electron chi connectivity index (χ0n) is 16.4. The van der Waals surface area contributed by atoms with Crippen LogP contribution in [0.5, 0.6) is 0 Å². The summed E-state index contributed by atoms with van der Waals surface area (Å²) in [7, 11) is 0. The number of carbonyl (C=O) groups excluding carboxylic acids is 1. The van der Waals surface area contributed by atoms with Crippen LogP contribution in [0.15, 0.2) is 30.5 Å². The number of aromatic nitrogens is 3. The molecule has 148 valence electrons. The van der Waals surface area contributed by atoms with Crippen LogP contribution in [-0.2, 0) is 6.42 Å². The maximum Gasteiger partial charge on any atom is 0.317 e. The van der Waals surface area contributed by atoms with Crippen molar-refractivity contribution in [2.24, 2.45) is 0 Å². The van der Waals surface area contributed by atoms with Crippen molar-refractivity contribution in [2.45, 2.75) is 51.6 Å². The van der Waals surface area contributed by atoms with Gasteiger partial charge in [0.15, 0.2) is 0 Å². The number of nitrogens with one attached hydrogen (secondary N) is 1. The number of nitrogens with zero attached hydrogens (tertiary/aromatic N) is 4. The normalized spacial score (nSPS) is 19.4. The Morgan fingerprint density at radius 2 is 2.14 bits per heavy atom. The van der Waals surface area contributed by atoms with Gasteiger partial charge in [0.25, 0.3) is 0 Å². The second kappa shape index (κ2) is 7.73. The molecule has 1 atom stereocenters. The number of hydrogen-bond donors (Lipinski definition) is 1. The minimum absolute atomic E-state index is 0.0809. The fraction of sp³-hybridized carbons (Fsp3) is 0.476. The highest BCUT2D eigenvalue weighted by Gasteiger charge is 2.28. The quantitative estimate of drug-likeness (QED) is 0.875. The minimum Gasteiger partial charge on any atom is -0.331 e. The molecule has 2 heterocycles. The van der Waals surface area contributed by atoms with E-state index in [0.29, 0.717) is 19.5 Å². The van der Waals surface area contributed by atoms with E-state index in [2.05, 4.69) is 35.6 Å². The Hall–Kier alpha value is -2.70. The van der Waals surface area contributed by atoms with Crippen molar-refractivity contribution >= 4 is 11.6 Å². The van der Waals surface area contributed by atoms with E-state index in [-0.39, 0.29) is 23.9 Å². The highest BCUT2D eigenvalue weighted by Crippen LogP contribution is 2.33. The standard InChI is InChI=1S/C21H26FN5O/c1-14(2)27-13-20(24-25-27)15-5-4-11-26(12-10-15)21(28)23-19-9-8-16-17(19)6-3-7-18(16)22/h3,5-7,13-14,19H,4,8-12H2,1-2H3,(H,23,28)/t19-/m1/s1. The molecule has 1 N–H and O–H groups in total. The fourth-order valence-corrected chi connectivity index (χ4v) is 3.98. The van der Waals surface area contributed by atoms with Crippen LogP contribution < -0.4 is 5.32 Å². The van der Waals surface area contributed by atoms with Gasteiger partial charge in [0.05, 0.1) is 12.2 Å². The van der Waals surface area contributed by atoms with Crippen LogP contribution in [-0.4, -0.2) is 39.0 Å². The number of benzene rings is 1. The SMILES string of the molecule is CC(C)n1cc(C2=CCCN(C(=O)N[C@@H]3CCc4c(F)cccc43)CC2)nn1. The molecule has 0 spiro atoms. The summed E-state index contributed by atoms with van der Waals surface area (Å²) >= 11 is 0. The monoisotopic (exact) mass is 383 g/mol. The van der Waals surface area contributed by atoms with Crippen molar-refractivity contribution in [2.75, 3.05) is 13.1 Å². The first-order valence-electron chi connectivity index (χ1n) is 9.97. The van der Waals surface area contributed by atoms with Crippen LogP contribution in [0.4, 0.5) is 9.18 Å². The summed E-state index contributed by atoms with van der Waals surface area (Å²) in [5.74, 6) is -0.174. The van der Waals surface area contributed by atoms with Gasteiger partial charge in [-0.2, -0.15) is 0 Å². The molecule has 1 aliphatic heterocycles. The molecule has 0 fully saturated rings. The lowest BCUT2D eigenvalue weighted by atomic mass is 10.1. The number of carbonyl (C=O) groups is 1. The molecule has 0 bridgehead atoms. The lowest BCUT2D eigenvalue weighted by Crippen LogP contribution is -2.41. The fourth-order valence-electron chi connectivity index (χ4n) is 3.98. The summed E-state index contributed by atoms with van der Waals surface area (Å²) in [5, 5.41) is 11.6. The lowest BCUT2D eigenvalue weighted by molar-refractivity contribution is 0.196. The number of fused-ring (bicyclic) bond motifs is 1. The van der Waals surface area contributed by atoms with Gasteiger partial charge in [-0.3, -0.25) is 0 Å². The van der Waals surface area contributed by atoms with Gasteiger partial charge in [0, 0.05) is 19.1 Å². The molecule has 0 unspecified atom stereocenters. The average molecular weight is 383 g/mol. The molecular weight excluding hydrogens is 357 g/mol. The van der Waals surface area contributed by atoms with Crippen LogP contribution in [0.2, 0.25) is 0 Å². The molecule has 7 heteroatoms. The van der Waals surface area contributed by atoms with E-state index in [1.807, 2.05) is 21.8 Å². The van der Waals surface area contributed by atoms with Gasteiger partial charge in [-0.15, -0.1) is 5.10 Å². The van der Waals surface area contributed by atoms with Gasteiger partial charge in [-0.05, 0) is 62.3 Å². The number of hydrogen-bond acceptors (Lipinski definition) is 3. The van der Waals surface area contributed by atoms with Crippen LogP contribution in [0, 0.1) is 5.82 Å². The van der Waals surface area contributed by atoms with Gasteiger partial charge in [0.2, 0.25) is 0 Å². The van der Waals surface area contributed by atoms with Crippen molar-refractivity contribution in [1.29, 1.82) is 0 Å². The van der Waals surface area contributed by atoms with E-state index in [1.165, 1.54) is 6.07 Å². The molecule has 0 radical (unpaired) electrons. The Kier molecular flexibility index (Phi) is 5.15. The van der Waals surface area contributed by atoms with Crippen LogP contribution in [0.25, 0.3) is 5.57 Å². The predicted molar refractivity (Wildman–Crippen MR) is 105 cm³/mol. The van der Waals surface area contributed by atoms with Crippen LogP contribution in [0.1, 0.15) is 62.0 Å². The number of halogens is 1. The molecule has 1 aromatic heterocycles. The molecule has 0 saturated carbocycles. The summed E-state index contributed by atoms with van der Waals surface area (Å²) in [6.45, 7) is 5.43. The zero-order chi connectivity index (χ0) is 19.7. The molecule has 2 aromatic rings. The van der Waals surface area contributed by atoms with Crippen molar-refractivity contribution in [1.82, 2.24) is 25.2 Å². The Labute approximate surface area is 164 Å². The van der Waals surface area contributed by atoms with E-state index >= 15 is 0 Å². The van der Waals surface area contributed by atoms with Gasteiger partial charge < -0.3 is 10.2 Å². The summed E-state index contributed by atoms with van der Waals surface area (Å²) < 4.78 is 15.8. The molecule has 6 nitrogen and oxygen atoms in total. The van der Waals surface area contributed by atoms with E-state index in [4.69, 9.17) is 0 Å².